The third-order valence-corrected chi connectivity index (χ3v) is 4.58. The summed E-state index contributed by atoms with van der Waals surface area (Å²) in [6, 6.07) is -0.323. The summed E-state index contributed by atoms with van der Waals surface area (Å²) in [7, 11) is 0. The van der Waals surface area contributed by atoms with Crippen molar-refractivity contribution in [3.8, 4) is 0 Å². The average molecular weight is 211 g/mol. The van der Waals surface area contributed by atoms with Crippen LogP contribution in [-0.2, 0) is 0 Å². The van der Waals surface area contributed by atoms with E-state index in [1.165, 1.54) is 38.5 Å². The smallest absolute Gasteiger partial charge is 0.213 e. The van der Waals surface area contributed by atoms with Crippen LogP contribution in [0.4, 0.5) is 0 Å². The summed E-state index contributed by atoms with van der Waals surface area (Å²) in [5.74, 6) is 1.83. The zero-order valence-corrected chi connectivity index (χ0v) is 9.52. The van der Waals surface area contributed by atoms with E-state index in [0.29, 0.717) is 11.8 Å². The molecule has 2 aliphatic carbocycles. The maximum atomic E-state index is 10.9. The number of fused-ring (bicyclic) bond motifs is 1. The van der Waals surface area contributed by atoms with Gasteiger partial charge in [0.1, 0.15) is 0 Å². The fraction of sp³-hybridized carbons (Fsp3) is 1.00. The van der Waals surface area contributed by atoms with E-state index in [2.05, 4.69) is 0 Å². The van der Waals surface area contributed by atoms with Gasteiger partial charge in [-0.2, -0.15) is 0 Å². The van der Waals surface area contributed by atoms with Crippen molar-refractivity contribution < 1.29 is 4.92 Å². The molecule has 0 radical (unpaired) electrons. The third kappa shape index (κ3) is 2.16. The maximum absolute atomic E-state index is 10.9. The zero-order valence-electron chi connectivity index (χ0n) is 9.52. The minimum absolute atomic E-state index is 0.0678. The summed E-state index contributed by atoms with van der Waals surface area (Å²) in [5, 5.41) is 10.9. The summed E-state index contributed by atoms with van der Waals surface area (Å²) < 4.78 is 0. The van der Waals surface area contributed by atoms with Crippen LogP contribution in [0.25, 0.3) is 0 Å². The second kappa shape index (κ2) is 4.50. The molecular formula is C12H21NO2. The van der Waals surface area contributed by atoms with Gasteiger partial charge in [-0.25, -0.2) is 0 Å². The van der Waals surface area contributed by atoms with Gasteiger partial charge in [-0.05, 0) is 24.7 Å². The molecule has 15 heavy (non-hydrogen) atoms. The van der Waals surface area contributed by atoms with Gasteiger partial charge in [0, 0.05) is 17.8 Å². The Labute approximate surface area is 91.4 Å². The van der Waals surface area contributed by atoms with E-state index in [9.17, 15) is 10.1 Å². The molecule has 0 amide bonds. The largest absolute Gasteiger partial charge is 0.264 e. The molecule has 0 spiro atoms. The Bertz CT molecular complexity index is 240. The molecule has 2 rings (SSSR count). The summed E-state index contributed by atoms with van der Waals surface area (Å²) in [5.41, 5.74) is 0. The van der Waals surface area contributed by atoms with E-state index >= 15 is 0 Å². The van der Waals surface area contributed by atoms with Gasteiger partial charge in [0.15, 0.2) is 0 Å². The Hall–Kier alpha value is -0.600. The van der Waals surface area contributed by atoms with Gasteiger partial charge < -0.3 is 0 Å². The van der Waals surface area contributed by atoms with Gasteiger partial charge in [-0.3, -0.25) is 10.1 Å². The van der Waals surface area contributed by atoms with Crippen LogP contribution in [0.3, 0.4) is 0 Å². The summed E-state index contributed by atoms with van der Waals surface area (Å²) in [6.45, 7) is 1.81. The molecule has 0 heterocycles. The van der Waals surface area contributed by atoms with Crippen LogP contribution in [0, 0.1) is 27.9 Å². The Kier molecular flexibility index (Phi) is 3.27. The lowest BCUT2D eigenvalue weighted by molar-refractivity contribution is -0.531. The number of nitro groups is 1. The fourth-order valence-corrected chi connectivity index (χ4v) is 3.74. The number of rotatable bonds is 2. The minimum Gasteiger partial charge on any atom is -0.264 e. The van der Waals surface area contributed by atoms with Crippen molar-refractivity contribution in [2.45, 2.75) is 57.9 Å². The summed E-state index contributed by atoms with van der Waals surface area (Å²) >= 11 is 0. The molecule has 2 fully saturated rings. The quantitative estimate of drug-likeness (QED) is 0.519. The molecule has 0 aromatic rings. The van der Waals surface area contributed by atoms with Crippen LogP contribution >= 0.6 is 0 Å². The first-order valence-electron chi connectivity index (χ1n) is 6.33. The molecule has 4 unspecified atom stereocenters. The van der Waals surface area contributed by atoms with Crippen molar-refractivity contribution in [2.75, 3.05) is 0 Å². The molecule has 0 N–H and O–H groups in total. The molecule has 0 aliphatic heterocycles. The van der Waals surface area contributed by atoms with Crippen LogP contribution in [-0.4, -0.2) is 11.0 Å². The molecule has 0 bridgehead atoms. The van der Waals surface area contributed by atoms with E-state index in [0.717, 1.165) is 12.3 Å². The first-order valence-corrected chi connectivity index (χ1v) is 6.33. The highest BCUT2D eigenvalue weighted by Gasteiger charge is 2.41. The van der Waals surface area contributed by atoms with Gasteiger partial charge >= 0.3 is 0 Å². The number of hydrogen-bond acceptors (Lipinski definition) is 2. The number of hydrogen-bond donors (Lipinski definition) is 0. The maximum Gasteiger partial charge on any atom is 0.213 e. The van der Waals surface area contributed by atoms with Gasteiger partial charge in [0.05, 0.1) is 0 Å². The third-order valence-electron chi connectivity index (χ3n) is 4.58. The normalized spacial score (nSPS) is 38.1. The predicted molar refractivity (Wildman–Crippen MR) is 59.2 cm³/mol. The van der Waals surface area contributed by atoms with Gasteiger partial charge in [-0.1, -0.05) is 32.1 Å². The van der Waals surface area contributed by atoms with Gasteiger partial charge in [0.2, 0.25) is 6.04 Å². The SMILES string of the molecule is CC(C1CCCC2CCCCC21)[N+](=O)[O-]. The first-order chi connectivity index (χ1) is 7.20. The molecule has 2 aliphatic rings. The Morgan fingerprint density at radius 3 is 2.53 bits per heavy atom. The van der Waals surface area contributed by atoms with Crippen molar-refractivity contribution in [2.24, 2.45) is 17.8 Å². The lowest BCUT2D eigenvalue weighted by Crippen LogP contribution is -2.39. The van der Waals surface area contributed by atoms with E-state index < -0.39 is 0 Å². The van der Waals surface area contributed by atoms with Gasteiger partial charge in [-0.15, -0.1) is 0 Å². The highest BCUT2D eigenvalue weighted by molar-refractivity contribution is 4.87. The lowest BCUT2D eigenvalue weighted by atomic mass is 9.64. The number of nitrogens with zero attached hydrogens (tertiary/aromatic N) is 1. The highest BCUT2D eigenvalue weighted by Crippen LogP contribution is 2.45. The van der Waals surface area contributed by atoms with E-state index in [4.69, 9.17) is 0 Å². The topological polar surface area (TPSA) is 43.1 Å². The monoisotopic (exact) mass is 211 g/mol. The van der Waals surface area contributed by atoms with Crippen molar-refractivity contribution in [3.63, 3.8) is 0 Å². The Morgan fingerprint density at radius 1 is 1.13 bits per heavy atom. The summed E-state index contributed by atoms with van der Waals surface area (Å²) in [6.07, 6.45) is 8.83. The van der Waals surface area contributed by atoms with Crippen molar-refractivity contribution in [1.82, 2.24) is 0 Å². The van der Waals surface area contributed by atoms with E-state index in [-0.39, 0.29) is 11.0 Å². The lowest BCUT2D eigenvalue weighted by Gasteiger charge is -2.41. The molecule has 0 aromatic heterocycles. The second-order valence-corrected chi connectivity index (χ2v) is 5.33. The molecule has 3 nitrogen and oxygen atoms in total. The van der Waals surface area contributed by atoms with E-state index in [1.54, 1.807) is 0 Å². The zero-order chi connectivity index (χ0) is 10.8. The Balaban J connectivity index is 2.06. The fourth-order valence-electron chi connectivity index (χ4n) is 3.74. The average Bonchev–Trinajstić information content (AvgIpc) is 2.27. The first kappa shape index (κ1) is 10.9. The predicted octanol–water partition coefficient (Wildman–Crippen LogP) is 3.26. The molecule has 2 saturated carbocycles. The molecular weight excluding hydrogens is 190 g/mol. The van der Waals surface area contributed by atoms with Crippen molar-refractivity contribution in [1.29, 1.82) is 0 Å². The molecule has 0 saturated heterocycles. The van der Waals surface area contributed by atoms with Crippen molar-refractivity contribution in [3.05, 3.63) is 10.1 Å². The molecule has 0 aromatic carbocycles. The van der Waals surface area contributed by atoms with Crippen LogP contribution < -0.4 is 0 Å². The summed E-state index contributed by atoms with van der Waals surface area (Å²) in [4.78, 5) is 10.8. The Morgan fingerprint density at radius 2 is 1.80 bits per heavy atom. The molecule has 86 valence electrons. The van der Waals surface area contributed by atoms with Crippen LogP contribution in [0.5, 0.6) is 0 Å². The van der Waals surface area contributed by atoms with Gasteiger partial charge in [0.25, 0.3) is 0 Å². The second-order valence-electron chi connectivity index (χ2n) is 5.33. The standard InChI is InChI=1S/C12H21NO2/c1-9(13(14)15)11-8-4-6-10-5-2-3-7-12(10)11/h9-12H,2-8H2,1H3. The molecule has 4 atom stereocenters. The van der Waals surface area contributed by atoms with Crippen molar-refractivity contribution >= 4 is 0 Å². The van der Waals surface area contributed by atoms with Crippen LogP contribution in [0.15, 0.2) is 0 Å². The molecule has 3 heteroatoms. The van der Waals surface area contributed by atoms with Crippen LogP contribution in [0.2, 0.25) is 0 Å². The van der Waals surface area contributed by atoms with E-state index in [1.807, 2.05) is 6.92 Å². The van der Waals surface area contributed by atoms with Crippen LogP contribution in [0.1, 0.15) is 51.9 Å². The highest BCUT2D eigenvalue weighted by atomic mass is 16.6. The minimum atomic E-state index is -0.323.